The lowest BCUT2D eigenvalue weighted by Crippen LogP contribution is -2.10. The van der Waals surface area contributed by atoms with Crippen LogP contribution in [0.1, 0.15) is 0 Å². The Morgan fingerprint density at radius 3 is 1.94 bits per heavy atom. The number of aliphatic hydroxyl groups excluding tert-OH is 2. The third-order valence-corrected chi connectivity index (χ3v) is 0.985. The van der Waals surface area contributed by atoms with Gasteiger partial charge >= 0.3 is 11.9 Å². The van der Waals surface area contributed by atoms with Gasteiger partial charge in [-0.3, -0.25) is 4.89 Å². The van der Waals surface area contributed by atoms with Gasteiger partial charge in [0.1, 0.15) is 13.2 Å². The van der Waals surface area contributed by atoms with Crippen molar-refractivity contribution in [3.05, 3.63) is 25.3 Å². The predicted octanol–water partition coefficient (Wildman–Crippen LogP) is -0.653. The zero-order valence-electron chi connectivity index (χ0n) is 9.33. The van der Waals surface area contributed by atoms with Crippen LogP contribution >= 0.6 is 0 Å². The SMILES string of the molecule is C=CC(=O)OCCOOC(=O)C=C.OCCO. The molecule has 0 saturated carbocycles. The Morgan fingerprint density at radius 2 is 1.53 bits per heavy atom. The molecule has 2 N–H and O–H groups in total. The number of ether oxygens (including phenoxy) is 1. The first-order valence-corrected chi connectivity index (χ1v) is 4.59. The van der Waals surface area contributed by atoms with Crippen molar-refractivity contribution in [2.45, 2.75) is 0 Å². The van der Waals surface area contributed by atoms with E-state index in [1.54, 1.807) is 0 Å². The summed E-state index contributed by atoms with van der Waals surface area (Å²) in [6.07, 6.45) is 1.98. The molecule has 0 saturated heterocycles. The molecule has 98 valence electrons. The molecule has 0 rings (SSSR count). The van der Waals surface area contributed by atoms with Crippen molar-refractivity contribution in [3.8, 4) is 0 Å². The maximum Gasteiger partial charge on any atom is 0.365 e. The molecule has 0 spiro atoms. The zero-order valence-corrected chi connectivity index (χ0v) is 9.33. The van der Waals surface area contributed by atoms with Crippen LogP contribution < -0.4 is 0 Å². The smallest absolute Gasteiger partial charge is 0.365 e. The lowest BCUT2D eigenvalue weighted by atomic mass is 10.6. The number of hydrogen-bond acceptors (Lipinski definition) is 7. The summed E-state index contributed by atoms with van der Waals surface area (Å²) in [7, 11) is 0. The molecule has 0 amide bonds. The topological polar surface area (TPSA) is 102 Å². The Hall–Kier alpha value is -1.70. The molecular formula is C10H16O7. The van der Waals surface area contributed by atoms with Crippen molar-refractivity contribution in [3.63, 3.8) is 0 Å². The molecule has 0 aliphatic rings. The second-order valence-electron chi connectivity index (χ2n) is 2.25. The van der Waals surface area contributed by atoms with Gasteiger partial charge in [0.15, 0.2) is 0 Å². The fraction of sp³-hybridized carbons (Fsp3) is 0.400. The van der Waals surface area contributed by atoms with Crippen LogP contribution in [0.3, 0.4) is 0 Å². The Morgan fingerprint density at radius 1 is 1.00 bits per heavy atom. The molecule has 0 aliphatic carbocycles. The fourth-order valence-corrected chi connectivity index (χ4v) is 0.369. The number of rotatable bonds is 7. The highest BCUT2D eigenvalue weighted by Gasteiger charge is 1.98. The van der Waals surface area contributed by atoms with E-state index in [9.17, 15) is 9.59 Å². The van der Waals surface area contributed by atoms with Crippen LogP contribution in [0.4, 0.5) is 0 Å². The Bertz CT molecular complexity index is 213. The van der Waals surface area contributed by atoms with Gasteiger partial charge in [-0.1, -0.05) is 13.2 Å². The first-order chi connectivity index (χ1) is 8.12. The van der Waals surface area contributed by atoms with E-state index in [1.165, 1.54) is 0 Å². The van der Waals surface area contributed by atoms with Gasteiger partial charge in [0.2, 0.25) is 0 Å². The molecule has 17 heavy (non-hydrogen) atoms. The maximum absolute atomic E-state index is 10.4. The van der Waals surface area contributed by atoms with Gasteiger partial charge in [0.05, 0.1) is 13.2 Å². The van der Waals surface area contributed by atoms with Crippen molar-refractivity contribution < 1.29 is 34.3 Å². The lowest BCUT2D eigenvalue weighted by Gasteiger charge is -2.01. The quantitative estimate of drug-likeness (QED) is 0.203. The summed E-state index contributed by atoms with van der Waals surface area (Å²) in [6, 6.07) is 0. The average Bonchev–Trinajstić information content (AvgIpc) is 2.37. The largest absolute Gasteiger partial charge is 0.460 e. The highest BCUT2D eigenvalue weighted by molar-refractivity contribution is 5.81. The molecule has 0 heterocycles. The molecule has 0 atom stereocenters. The zero-order chi connectivity index (χ0) is 13.5. The van der Waals surface area contributed by atoms with Gasteiger partial charge in [0.25, 0.3) is 0 Å². The summed E-state index contributed by atoms with van der Waals surface area (Å²) in [6.45, 7) is 6.05. The van der Waals surface area contributed by atoms with Crippen molar-refractivity contribution in [2.24, 2.45) is 0 Å². The van der Waals surface area contributed by atoms with Gasteiger partial charge < -0.3 is 14.9 Å². The van der Waals surface area contributed by atoms with Gasteiger partial charge in [-0.2, -0.15) is 4.89 Å². The van der Waals surface area contributed by atoms with E-state index in [1.807, 2.05) is 0 Å². The van der Waals surface area contributed by atoms with Crippen LogP contribution in [-0.2, 0) is 24.1 Å². The highest BCUT2D eigenvalue weighted by Crippen LogP contribution is 1.84. The summed E-state index contributed by atoms with van der Waals surface area (Å²) in [5.74, 6) is -1.26. The van der Waals surface area contributed by atoms with Crippen LogP contribution in [0.2, 0.25) is 0 Å². The number of esters is 1. The van der Waals surface area contributed by atoms with Crippen LogP contribution in [0.5, 0.6) is 0 Å². The minimum atomic E-state index is -0.699. The van der Waals surface area contributed by atoms with Gasteiger partial charge in [0, 0.05) is 12.2 Å². The summed E-state index contributed by atoms with van der Waals surface area (Å²) >= 11 is 0. The minimum Gasteiger partial charge on any atom is -0.460 e. The van der Waals surface area contributed by atoms with Gasteiger partial charge in [-0.05, 0) is 0 Å². The molecular weight excluding hydrogens is 232 g/mol. The molecule has 0 unspecified atom stereocenters. The average molecular weight is 248 g/mol. The van der Waals surface area contributed by atoms with E-state index in [0.29, 0.717) is 0 Å². The summed E-state index contributed by atoms with van der Waals surface area (Å²) < 4.78 is 4.51. The molecule has 7 heteroatoms. The summed E-state index contributed by atoms with van der Waals surface area (Å²) in [5, 5.41) is 15.2. The molecule has 0 aromatic rings. The van der Waals surface area contributed by atoms with E-state index in [0.717, 1.165) is 12.2 Å². The Labute approximate surface area is 98.8 Å². The standard InChI is InChI=1S/C8H10O5.C2H6O2/c1-3-7(9)11-5-6-12-13-8(10)4-2;3-1-2-4/h3-4H,1-2,5-6H2;3-4H,1-2H2. The molecule has 0 fully saturated rings. The van der Waals surface area contributed by atoms with Crippen molar-refractivity contribution in [1.29, 1.82) is 0 Å². The molecule has 0 bridgehead atoms. The molecule has 0 aromatic heterocycles. The second-order valence-corrected chi connectivity index (χ2v) is 2.25. The highest BCUT2D eigenvalue weighted by atomic mass is 17.2. The second kappa shape index (κ2) is 14.3. The van der Waals surface area contributed by atoms with Crippen molar-refractivity contribution in [2.75, 3.05) is 26.4 Å². The summed E-state index contributed by atoms with van der Waals surface area (Å²) in [5.41, 5.74) is 0. The monoisotopic (exact) mass is 248 g/mol. The van der Waals surface area contributed by atoms with Gasteiger partial charge in [-0.15, -0.1) is 0 Å². The molecule has 7 nitrogen and oxygen atoms in total. The van der Waals surface area contributed by atoms with Crippen molar-refractivity contribution in [1.82, 2.24) is 0 Å². The fourth-order valence-electron chi connectivity index (χ4n) is 0.369. The van der Waals surface area contributed by atoms with Crippen molar-refractivity contribution >= 4 is 11.9 Å². The Kier molecular flexibility index (Phi) is 14.9. The minimum absolute atomic E-state index is 0.00469. The first kappa shape index (κ1) is 17.7. The maximum atomic E-state index is 10.4. The molecule has 0 radical (unpaired) electrons. The van der Waals surface area contributed by atoms with E-state index in [2.05, 4.69) is 27.7 Å². The number of aliphatic hydroxyl groups is 2. The number of carbonyl (C=O) groups excluding carboxylic acids is 2. The van der Waals surface area contributed by atoms with E-state index in [4.69, 9.17) is 10.2 Å². The number of hydrogen-bond donors (Lipinski definition) is 2. The molecule has 0 aliphatic heterocycles. The summed E-state index contributed by atoms with van der Waals surface area (Å²) in [4.78, 5) is 29.3. The van der Waals surface area contributed by atoms with Gasteiger partial charge in [-0.25, -0.2) is 9.59 Å². The van der Waals surface area contributed by atoms with Crippen LogP contribution in [0, 0.1) is 0 Å². The third kappa shape index (κ3) is 16.9. The lowest BCUT2D eigenvalue weighted by molar-refractivity contribution is -0.270. The first-order valence-electron chi connectivity index (χ1n) is 4.59. The van der Waals surface area contributed by atoms with Crippen LogP contribution in [-0.4, -0.2) is 48.6 Å². The van der Waals surface area contributed by atoms with E-state index >= 15 is 0 Å². The normalized spacial score (nSPS) is 8.35. The third-order valence-electron chi connectivity index (χ3n) is 0.985. The molecule has 0 aromatic carbocycles. The van der Waals surface area contributed by atoms with E-state index in [-0.39, 0.29) is 26.4 Å². The number of carbonyl (C=O) groups is 2. The Balaban J connectivity index is 0. The van der Waals surface area contributed by atoms with E-state index < -0.39 is 11.9 Å². The van der Waals surface area contributed by atoms with Crippen LogP contribution in [0.15, 0.2) is 25.3 Å². The predicted molar refractivity (Wildman–Crippen MR) is 57.6 cm³/mol. The van der Waals surface area contributed by atoms with Crippen LogP contribution in [0.25, 0.3) is 0 Å².